The Morgan fingerprint density at radius 3 is 2.86 bits per heavy atom. The molecule has 0 spiro atoms. The predicted molar refractivity (Wildman–Crippen MR) is 115 cm³/mol. The number of para-hydroxylation sites is 1. The first-order valence-corrected chi connectivity index (χ1v) is 10.2. The lowest BCUT2D eigenvalue weighted by Crippen LogP contribution is -1.95. The molecule has 0 saturated carbocycles. The molecule has 136 valence electrons. The number of thiazole rings is 1. The second kappa shape index (κ2) is 7.55. The van der Waals surface area contributed by atoms with Gasteiger partial charge in [-0.1, -0.05) is 30.3 Å². The number of nitrogens with one attached hydrogen (secondary N) is 1. The van der Waals surface area contributed by atoms with Crippen molar-refractivity contribution in [3.8, 4) is 10.6 Å². The Labute approximate surface area is 169 Å². The van der Waals surface area contributed by atoms with E-state index in [4.69, 9.17) is 4.28 Å². The number of benzene rings is 2. The largest absolute Gasteiger partial charge is 0.263 e. The van der Waals surface area contributed by atoms with Gasteiger partial charge in [-0.15, -0.1) is 11.3 Å². The fourth-order valence-electron chi connectivity index (χ4n) is 2.88. The lowest BCUT2D eigenvalue weighted by molar-refractivity contribution is 0.477. The zero-order chi connectivity index (χ0) is 18.8. The third-order valence-corrected chi connectivity index (χ3v) is 5.92. The van der Waals surface area contributed by atoms with Gasteiger partial charge in [-0.05, 0) is 30.3 Å². The van der Waals surface area contributed by atoms with Gasteiger partial charge >= 0.3 is 0 Å². The third-order valence-electron chi connectivity index (χ3n) is 4.19. The zero-order valence-electron chi connectivity index (χ0n) is 14.6. The van der Waals surface area contributed by atoms with Crippen LogP contribution in [0.15, 0.2) is 84.1 Å². The number of pyridine rings is 2. The lowest BCUT2D eigenvalue weighted by atomic mass is 10.2. The Bertz CT molecular complexity index is 1230. The van der Waals surface area contributed by atoms with Crippen LogP contribution in [-0.2, 0) is 4.28 Å². The van der Waals surface area contributed by atoms with Crippen molar-refractivity contribution in [2.24, 2.45) is 0 Å². The molecule has 0 aliphatic heterocycles. The molecule has 0 fully saturated rings. The molecule has 5 nitrogen and oxygen atoms in total. The van der Waals surface area contributed by atoms with Crippen molar-refractivity contribution in [1.82, 2.24) is 15.0 Å². The summed E-state index contributed by atoms with van der Waals surface area (Å²) in [7, 11) is 0. The average Bonchev–Trinajstić information content (AvgIpc) is 3.19. The van der Waals surface area contributed by atoms with E-state index in [1.165, 1.54) is 12.0 Å². The minimum Gasteiger partial charge on any atom is -0.263 e. The summed E-state index contributed by atoms with van der Waals surface area (Å²) in [5, 5.41) is 2.04. The van der Waals surface area contributed by atoms with Gasteiger partial charge in [0, 0.05) is 29.5 Å². The molecule has 0 atom stereocenters. The van der Waals surface area contributed by atoms with E-state index >= 15 is 0 Å². The van der Waals surface area contributed by atoms with Crippen molar-refractivity contribution in [3.05, 3.63) is 79.3 Å². The molecule has 28 heavy (non-hydrogen) atoms. The minimum absolute atomic E-state index is 0.857. The molecule has 0 radical (unpaired) electrons. The standard InChI is InChI=1S/C21H14N4OS2/c1-5-15(21-24-17-9-11-22-13-19(17)27-21)12-16(7-1)25-26-28-18-8-2-4-14-6-3-10-23-20(14)18/h1-13,25H. The summed E-state index contributed by atoms with van der Waals surface area (Å²) in [4.78, 5) is 14.2. The summed E-state index contributed by atoms with van der Waals surface area (Å²) in [5.74, 6) is 0. The quantitative estimate of drug-likeness (QED) is 0.289. The average molecular weight is 403 g/mol. The number of fused-ring (bicyclic) bond motifs is 2. The van der Waals surface area contributed by atoms with Crippen LogP contribution in [0.5, 0.6) is 0 Å². The summed E-state index contributed by atoms with van der Waals surface area (Å²) in [6.45, 7) is 0. The van der Waals surface area contributed by atoms with Crippen molar-refractivity contribution >= 4 is 50.2 Å². The molecule has 0 amide bonds. The van der Waals surface area contributed by atoms with Gasteiger partial charge < -0.3 is 0 Å². The first-order chi connectivity index (χ1) is 13.9. The van der Waals surface area contributed by atoms with Gasteiger partial charge in [0.1, 0.15) is 5.01 Å². The fourth-order valence-corrected chi connectivity index (χ4v) is 4.42. The van der Waals surface area contributed by atoms with Gasteiger partial charge in [0.2, 0.25) is 0 Å². The highest BCUT2D eigenvalue weighted by Crippen LogP contribution is 2.31. The Balaban J connectivity index is 1.33. The number of anilines is 1. The number of nitrogens with zero attached hydrogens (tertiary/aromatic N) is 3. The smallest absolute Gasteiger partial charge is 0.124 e. The molecule has 0 aliphatic rings. The molecule has 7 heteroatoms. The van der Waals surface area contributed by atoms with E-state index in [-0.39, 0.29) is 0 Å². The van der Waals surface area contributed by atoms with Gasteiger partial charge in [-0.3, -0.25) is 15.4 Å². The minimum atomic E-state index is 0.857. The monoisotopic (exact) mass is 402 g/mol. The van der Waals surface area contributed by atoms with Crippen LogP contribution >= 0.6 is 23.4 Å². The van der Waals surface area contributed by atoms with Crippen molar-refractivity contribution in [2.75, 3.05) is 5.48 Å². The van der Waals surface area contributed by atoms with E-state index in [9.17, 15) is 0 Å². The molecule has 2 aromatic carbocycles. The number of rotatable bonds is 5. The van der Waals surface area contributed by atoms with Crippen LogP contribution in [0.1, 0.15) is 0 Å². The zero-order valence-corrected chi connectivity index (χ0v) is 16.2. The number of aromatic nitrogens is 3. The maximum Gasteiger partial charge on any atom is 0.124 e. The molecule has 3 aromatic heterocycles. The summed E-state index contributed by atoms with van der Waals surface area (Å²) in [6, 6.07) is 19.9. The molecular formula is C21H14N4OS2. The first-order valence-electron chi connectivity index (χ1n) is 8.61. The second-order valence-electron chi connectivity index (χ2n) is 6.04. The second-order valence-corrected chi connectivity index (χ2v) is 7.85. The van der Waals surface area contributed by atoms with Crippen LogP contribution in [0.25, 0.3) is 31.7 Å². The van der Waals surface area contributed by atoms with Crippen molar-refractivity contribution < 1.29 is 4.28 Å². The van der Waals surface area contributed by atoms with Crippen molar-refractivity contribution in [1.29, 1.82) is 0 Å². The molecule has 0 bridgehead atoms. The summed E-state index contributed by atoms with van der Waals surface area (Å²) < 4.78 is 6.74. The topological polar surface area (TPSA) is 59.9 Å². The van der Waals surface area contributed by atoms with Crippen LogP contribution in [-0.4, -0.2) is 15.0 Å². The molecule has 3 heterocycles. The van der Waals surface area contributed by atoms with E-state index < -0.39 is 0 Å². The molecule has 5 rings (SSSR count). The predicted octanol–water partition coefficient (Wildman–Crippen LogP) is 5.96. The van der Waals surface area contributed by atoms with Crippen LogP contribution in [0.3, 0.4) is 0 Å². The normalized spacial score (nSPS) is 11.1. The Hall–Kier alpha value is -3.00. The van der Waals surface area contributed by atoms with E-state index in [1.54, 1.807) is 23.7 Å². The number of hydrogen-bond donors (Lipinski definition) is 1. The third kappa shape index (κ3) is 3.43. The van der Waals surface area contributed by atoms with E-state index in [0.29, 0.717) is 0 Å². The first kappa shape index (κ1) is 17.1. The Kier molecular flexibility index (Phi) is 4.62. The summed E-state index contributed by atoms with van der Waals surface area (Å²) >= 11 is 2.88. The molecule has 0 unspecified atom stereocenters. The molecule has 0 aliphatic carbocycles. The Morgan fingerprint density at radius 1 is 0.964 bits per heavy atom. The molecule has 5 aromatic rings. The maximum absolute atomic E-state index is 5.66. The fraction of sp³-hybridized carbons (Fsp3) is 0. The lowest BCUT2D eigenvalue weighted by Gasteiger charge is -2.08. The van der Waals surface area contributed by atoms with Crippen LogP contribution < -0.4 is 5.48 Å². The van der Waals surface area contributed by atoms with Gasteiger partial charge in [-0.2, -0.15) is 4.28 Å². The molecule has 0 saturated heterocycles. The molecule has 1 N–H and O–H groups in total. The highest BCUT2D eigenvalue weighted by Gasteiger charge is 2.08. The SMILES string of the molecule is c1cc(NOSc2cccc3cccnc23)cc(-c2nc3ccncc3s2)c1. The summed E-state index contributed by atoms with van der Waals surface area (Å²) in [5.41, 5.74) is 6.78. The Morgan fingerprint density at radius 2 is 1.89 bits per heavy atom. The van der Waals surface area contributed by atoms with Gasteiger partial charge in [0.25, 0.3) is 0 Å². The van der Waals surface area contributed by atoms with Gasteiger partial charge in [-0.25, -0.2) is 4.98 Å². The van der Waals surface area contributed by atoms with E-state index in [0.717, 1.165) is 42.3 Å². The van der Waals surface area contributed by atoms with Gasteiger partial charge in [0.05, 0.1) is 38.4 Å². The summed E-state index contributed by atoms with van der Waals surface area (Å²) in [6.07, 6.45) is 5.39. The van der Waals surface area contributed by atoms with E-state index in [1.807, 2.05) is 66.9 Å². The van der Waals surface area contributed by atoms with Crippen LogP contribution in [0.4, 0.5) is 5.69 Å². The maximum atomic E-state index is 5.66. The highest BCUT2D eigenvalue weighted by molar-refractivity contribution is 7.95. The molecular weight excluding hydrogens is 388 g/mol. The van der Waals surface area contributed by atoms with Crippen LogP contribution in [0, 0.1) is 0 Å². The number of hydrogen-bond acceptors (Lipinski definition) is 7. The van der Waals surface area contributed by atoms with Crippen LogP contribution in [0.2, 0.25) is 0 Å². The van der Waals surface area contributed by atoms with E-state index in [2.05, 4.69) is 20.4 Å². The highest BCUT2D eigenvalue weighted by atomic mass is 32.2. The van der Waals surface area contributed by atoms with Gasteiger partial charge in [0.15, 0.2) is 0 Å². The van der Waals surface area contributed by atoms with Crippen molar-refractivity contribution in [3.63, 3.8) is 0 Å². The van der Waals surface area contributed by atoms with Crippen molar-refractivity contribution in [2.45, 2.75) is 4.90 Å².